The lowest BCUT2D eigenvalue weighted by atomic mass is 10.3. The quantitative estimate of drug-likeness (QED) is 0.457. The summed E-state index contributed by atoms with van der Waals surface area (Å²) in [6.45, 7) is 0.206. The van der Waals surface area contributed by atoms with Gasteiger partial charge in [0.05, 0.1) is 12.3 Å². The van der Waals surface area contributed by atoms with Gasteiger partial charge in [0.1, 0.15) is 5.69 Å². The molecule has 4 N–H and O–H groups in total. The Morgan fingerprint density at radius 3 is 3.07 bits per heavy atom. The molecule has 1 heterocycles. The van der Waals surface area contributed by atoms with Crippen molar-refractivity contribution >= 4 is 11.6 Å². The van der Waals surface area contributed by atoms with Gasteiger partial charge in [0.2, 0.25) is 0 Å². The van der Waals surface area contributed by atoms with Crippen LogP contribution in [0.25, 0.3) is 0 Å². The summed E-state index contributed by atoms with van der Waals surface area (Å²) in [6.07, 6.45) is 1.50. The molecule has 0 spiro atoms. The van der Waals surface area contributed by atoms with Gasteiger partial charge in [0.15, 0.2) is 0 Å². The Kier molecular flexibility index (Phi) is 4.02. The zero-order valence-corrected chi connectivity index (χ0v) is 8.47. The number of pyridine rings is 1. The Morgan fingerprint density at radius 2 is 2.47 bits per heavy atom. The second-order valence-electron chi connectivity index (χ2n) is 3.02. The van der Waals surface area contributed by atoms with Gasteiger partial charge in [-0.2, -0.15) is 0 Å². The van der Waals surface area contributed by atoms with E-state index in [1.165, 1.54) is 11.1 Å². The molecule has 1 aromatic heterocycles. The minimum absolute atomic E-state index is 0.0724. The first-order valence-corrected chi connectivity index (χ1v) is 4.48. The maximum Gasteiger partial charge on any atom is 0.272 e. The molecule has 0 saturated heterocycles. The average molecular weight is 210 g/mol. The van der Waals surface area contributed by atoms with E-state index in [-0.39, 0.29) is 19.1 Å². The predicted octanol–water partition coefficient (Wildman–Crippen LogP) is -0.569. The first-order valence-electron chi connectivity index (χ1n) is 4.48. The van der Waals surface area contributed by atoms with E-state index < -0.39 is 0 Å². The van der Waals surface area contributed by atoms with Crippen LogP contribution in [0.5, 0.6) is 0 Å². The molecular weight excluding hydrogens is 196 g/mol. The zero-order chi connectivity index (χ0) is 11.3. The molecule has 0 aliphatic carbocycles. The average Bonchev–Trinajstić information content (AvgIpc) is 2.28. The van der Waals surface area contributed by atoms with Crippen LogP contribution < -0.4 is 11.3 Å². The third-order valence-electron chi connectivity index (χ3n) is 1.93. The first-order chi connectivity index (χ1) is 7.19. The number of nitrogen functional groups attached to an aromatic ring is 1. The standard InChI is InChI=1S/C9H14N4O2/c1-13(4-5-14)9(15)8-6-7(12-10)2-3-11-8/h2-3,6,14H,4-5,10H2,1H3,(H,11,12). The second-order valence-corrected chi connectivity index (χ2v) is 3.02. The molecule has 6 heteroatoms. The lowest BCUT2D eigenvalue weighted by Crippen LogP contribution is -2.30. The van der Waals surface area contributed by atoms with Crippen LogP contribution in [-0.4, -0.2) is 41.1 Å². The lowest BCUT2D eigenvalue weighted by Gasteiger charge is -2.15. The van der Waals surface area contributed by atoms with Crippen molar-refractivity contribution in [2.45, 2.75) is 0 Å². The molecule has 0 unspecified atom stereocenters. The number of likely N-dealkylation sites (N-methyl/N-ethyl adjacent to an activating group) is 1. The van der Waals surface area contributed by atoms with Gasteiger partial charge in [0.25, 0.3) is 5.91 Å². The lowest BCUT2D eigenvalue weighted by molar-refractivity contribution is 0.0761. The highest BCUT2D eigenvalue weighted by Crippen LogP contribution is 2.07. The molecule has 0 aliphatic rings. The molecule has 1 amide bonds. The number of hydrogen-bond acceptors (Lipinski definition) is 5. The van der Waals surface area contributed by atoms with E-state index in [4.69, 9.17) is 10.9 Å². The van der Waals surface area contributed by atoms with E-state index in [2.05, 4.69) is 10.4 Å². The Labute approximate surface area is 87.7 Å². The van der Waals surface area contributed by atoms with Gasteiger partial charge in [-0.25, -0.2) is 0 Å². The highest BCUT2D eigenvalue weighted by molar-refractivity contribution is 5.92. The maximum absolute atomic E-state index is 11.7. The number of aliphatic hydroxyl groups excluding tert-OH is 1. The fourth-order valence-electron chi connectivity index (χ4n) is 1.08. The number of nitrogens with two attached hydrogens (primary N) is 1. The molecule has 0 aliphatic heterocycles. The molecule has 0 radical (unpaired) electrons. The smallest absolute Gasteiger partial charge is 0.272 e. The monoisotopic (exact) mass is 210 g/mol. The fourth-order valence-corrected chi connectivity index (χ4v) is 1.08. The summed E-state index contributed by atoms with van der Waals surface area (Å²) >= 11 is 0. The Balaban J connectivity index is 2.81. The van der Waals surface area contributed by atoms with Gasteiger partial charge in [-0.1, -0.05) is 0 Å². The Hall–Kier alpha value is -1.66. The van der Waals surface area contributed by atoms with Crippen molar-refractivity contribution in [3.63, 3.8) is 0 Å². The number of aromatic nitrogens is 1. The molecule has 15 heavy (non-hydrogen) atoms. The van der Waals surface area contributed by atoms with Crippen LogP contribution in [-0.2, 0) is 0 Å². The second kappa shape index (κ2) is 5.28. The minimum atomic E-state index is -0.249. The van der Waals surface area contributed by atoms with Crippen molar-refractivity contribution in [2.24, 2.45) is 5.84 Å². The van der Waals surface area contributed by atoms with Gasteiger partial charge < -0.3 is 15.4 Å². The topological polar surface area (TPSA) is 91.5 Å². The van der Waals surface area contributed by atoms with Crippen molar-refractivity contribution < 1.29 is 9.90 Å². The van der Waals surface area contributed by atoms with E-state index in [1.807, 2.05) is 0 Å². The highest BCUT2D eigenvalue weighted by atomic mass is 16.3. The van der Waals surface area contributed by atoms with Gasteiger partial charge in [-0.3, -0.25) is 15.6 Å². The fraction of sp³-hybridized carbons (Fsp3) is 0.333. The largest absolute Gasteiger partial charge is 0.395 e. The van der Waals surface area contributed by atoms with Crippen LogP contribution in [0.2, 0.25) is 0 Å². The number of rotatable bonds is 4. The molecule has 0 fully saturated rings. The SMILES string of the molecule is CN(CCO)C(=O)c1cc(NN)ccn1. The van der Waals surface area contributed by atoms with E-state index in [9.17, 15) is 4.79 Å². The number of aliphatic hydroxyl groups is 1. The number of hydrogen-bond donors (Lipinski definition) is 3. The predicted molar refractivity (Wildman–Crippen MR) is 56.1 cm³/mol. The van der Waals surface area contributed by atoms with Gasteiger partial charge in [0, 0.05) is 19.8 Å². The summed E-state index contributed by atoms with van der Waals surface area (Å²) in [6, 6.07) is 3.21. The number of carbonyl (C=O) groups excluding carboxylic acids is 1. The first kappa shape index (κ1) is 11.4. The van der Waals surface area contributed by atoms with E-state index in [0.29, 0.717) is 11.4 Å². The summed E-state index contributed by atoms with van der Waals surface area (Å²) in [5.74, 6) is 4.96. The molecule has 0 atom stereocenters. The van der Waals surface area contributed by atoms with Crippen LogP contribution in [0.4, 0.5) is 5.69 Å². The van der Waals surface area contributed by atoms with E-state index in [1.54, 1.807) is 19.2 Å². The number of amides is 1. The van der Waals surface area contributed by atoms with Gasteiger partial charge in [-0.05, 0) is 12.1 Å². The molecule has 0 saturated carbocycles. The third-order valence-corrected chi connectivity index (χ3v) is 1.93. The van der Waals surface area contributed by atoms with Gasteiger partial charge >= 0.3 is 0 Å². The number of nitrogens with one attached hydrogen (secondary N) is 1. The summed E-state index contributed by atoms with van der Waals surface area (Å²) in [7, 11) is 1.60. The Bertz CT molecular complexity index is 343. The number of nitrogens with zero attached hydrogens (tertiary/aromatic N) is 2. The van der Waals surface area contributed by atoms with E-state index in [0.717, 1.165) is 0 Å². The molecule has 82 valence electrons. The minimum Gasteiger partial charge on any atom is -0.395 e. The highest BCUT2D eigenvalue weighted by Gasteiger charge is 2.12. The molecule has 0 aromatic carbocycles. The van der Waals surface area contributed by atoms with Crippen LogP contribution in [0, 0.1) is 0 Å². The maximum atomic E-state index is 11.7. The van der Waals surface area contributed by atoms with Crippen molar-refractivity contribution in [3.8, 4) is 0 Å². The van der Waals surface area contributed by atoms with Crippen molar-refractivity contribution in [2.75, 3.05) is 25.6 Å². The summed E-state index contributed by atoms with van der Waals surface area (Å²) in [5.41, 5.74) is 3.34. The molecule has 1 aromatic rings. The van der Waals surface area contributed by atoms with Crippen LogP contribution in [0.3, 0.4) is 0 Å². The summed E-state index contributed by atoms with van der Waals surface area (Å²) in [4.78, 5) is 17.0. The van der Waals surface area contributed by atoms with Crippen molar-refractivity contribution in [1.82, 2.24) is 9.88 Å². The number of hydrazine groups is 1. The number of carbonyl (C=O) groups is 1. The molecule has 0 bridgehead atoms. The Morgan fingerprint density at radius 1 is 1.73 bits per heavy atom. The van der Waals surface area contributed by atoms with E-state index >= 15 is 0 Å². The molecule has 6 nitrogen and oxygen atoms in total. The molecule has 1 rings (SSSR count). The van der Waals surface area contributed by atoms with Crippen LogP contribution in [0.15, 0.2) is 18.3 Å². The van der Waals surface area contributed by atoms with Crippen LogP contribution >= 0.6 is 0 Å². The third kappa shape index (κ3) is 2.90. The normalized spacial score (nSPS) is 9.80. The van der Waals surface area contributed by atoms with Crippen molar-refractivity contribution in [3.05, 3.63) is 24.0 Å². The van der Waals surface area contributed by atoms with Gasteiger partial charge in [-0.15, -0.1) is 0 Å². The molecular formula is C9H14N4O2. The zero-order valence-electron chi connectivity index (χ0n) is 8.47. The van der Waals surface area contributed by atoms with Crippen molar-refractivity contribution in [1.29, 1.82) is 0 Å². The summed E-state index contributed by atoms with van der Waals surface area (Å²) < 4.78 is 0. The van der Waals surface area contributed by atoms with Crippen LogP contribution in [0.1, 0.15) is 10.5 Å². The summed E-state index contributed by atoms with van der Waals surface area (Å²) in [5, 5.41) is 8.69. The number of anilines is 1.